The van der Waals surface area contributed by atoms with Gasteiger partial charge in [-0.3, -0.25) is 19.2 Å². The van der Waals surface area contributed by atoms with Crippen molar-refractivity contribution in [3.05, 3.63) is 256 Å². The van der Waals surface area contributed by atoms with Crippen LogP contribution in [0.15, 0.2) is 171 Å². The number of ether oxygens (including phenoxy) is 1. The van der Waals surface area contributed by atoms with Crippen molar-refractivity contribution in [2.24, 2.45) is 14.1 Å². The predicted octanol–water partition coefficient (Wildman–Crippen LogP) is 19.7. The molecule has 0 unspecified atom stereocenters. The van der Waals surface area contributed by atoms with Crippen LogP contribution < -0.4 is 34.3 Å². The number of benzene rings is 1. The van der Waals surface area contributed by atoms with E-state index in [4.69, 9.17) is 4.74 Å². The number of likely N-dealkylation sites (N-methyl/N-ethyl adjacent to an activating group) is 2. The van der Waals surface area contributed by atoms with Crippen molar-refractivity contribution >= 4 is 51.6 Å². The van der Waals surface area contributed by atoms with Crippen LogP contribution in [0, 0.1) is 19.8 Å². The maximum Gasteiger partial charge on any atom is 0.240 e. The number of nitrogens with zero attached hydrogens (tertiary/aromatic N) is 28. The van der Waals surface area contributed by atoms with Gasteiger partial charge >= 0.3 is 0 Å². The fraction of sp³-hybridized carbons (Fsp3) is 0.522. The molecule has 4 saturated heterocycles. The third-order valence-corrected chi connectivity index (χ3v) is 28.3. The zero-order valence-electron chi connectivity index (χ0n) is 90.1. The Morgan fingerprint density at radius 1 is 0.350 bits per heavy atom. The van der Waals surface area contributed by atoms with Crippen molar-refractivity contribution < 1.29 is 9.13 Å². The summed E-state index contributed by atoms with van der Waals surface area (Å²) in [4.78, 5) is 59.6. The smallest absolute Gasteiger partial charge is 0.240 e. The second kappa shape index (κ2) is 51.8. The predicted molar refractivity (Wildman–Crippen MR) is 582 cm³/mol. The van der Waals surface area contributed by atoms with Crippen LogP contribution in [0.3, 0.4) is 0 Å². The molecule has 1 aromatic carbocycles. The first-order valence-corrected chi connectivity index (χ1v) is 52.3. The molecular formula is C113H161FN28O. The minimum atomic E-state index is -0.432. The van der Waals surface area contributed by atoms with Crippen LogP contribution in [0.4, 0.5) is 45.1 Å². The Morgan fingerprint density at radius 3 is 1.15 bits per heavy atom. The van der Waals surface area contributed by atoms with Gasteiger partial charge in [0.15, 0.2) is 11.6 Å². The Kier molecular flexibility index (Phi) is 39.1. The molecule has 0 radical (unpaired) electrons. The largest absolute Gasteiger partial charge is 0.378 e. The van der Waals surface area contributed by atoms with Crippen LogP contribution in [0.2, 0.25) is 0 Å². The lowest BCUT2D eigenvalue weighted by Crippen LogP contribution is -2.49. The van der Waals surface area contributed by atoms with Crippen molar-refractivity contribution in [2.75, 3.05) is 172 Å². The average molecular weight is 1950 g/mol. The molecular weight excluding hydrogens is 1780 g/mol. The summed E-state index contributed by atoms with van der Waals surface area (Å²) in [5.41, 5.74) is 17.3. The molecule has 20 rings (SSSR count). The number of pyridine rings is 8. The van der Waals surface area contributed by atoms with Gasteiger partial charge in [-0.25, -0.2) is 34.9 Å². The third kappa shape index (κ3) is 29.8. The first-order valence-electron chi connectivity index (χ1n) is 52.3. The molecule has 766 valence electrons. The van der Waals surface area contributed by atoms with Gasteiger partial charge in [0.2, 0.25) is 5.95 Å². The lowest BCUT2D eigenvalue weighted by Gasteiger charge is -2.37. The van der Waals surface area contributed by atoms with Gasteiger partial charge in [0, 0.05) is 224 Å². The van der Waals surface area contributed by atoms with Crippen LogP contribution in [0.25, 0.3) is 22.2 Å². The summed E-state index contributed by atoms with van der Waals surface area (Å²) in [6.45, 7) is 71.6. The Morgan fingerprint density at radius 2 is 0.727 bits per heavy atom. The van der Waals surface area contributed by atoms with Gasteiger partial charge in [-0.15, -0.1) is 25.5 Å². The second-order valence-electron chi connectivity index (χ2n) is 41.3. The van der Waals surface area contributed by atoms with E-state index in [1.807, 2.05) is 86.4 Å². The summed E-state index contributed by atoms with van der Waals surface area (Å²) in [6.07, 6.45) is 18.1. The number of aromatic nitrogens is 18. The first kappa shape index (κ1) is 108. The van der Waals surface area contributed by atoms with Gasteiger partial charge in [0.1, 0.15) is 52.9 Å². The van der Waals surface area contributed by atoms with Crippen LogP contribution >= 0.6 is 0 Å². The van der Waals surface area contributed by atoms with Crippen molar-refractivity contribution in [3.63, 3.8) is 0 Å². The highest BCUT2D eigenvalue weighted by molar-refractivity contribution is 5.84. The molecule has 0 amide bonds. The second-order valence-corrected chi connectivity index (χ2v) is 41.3. The van der Waals surface area contributed by atoms with E-state index in [0.29, 0.717) is 58.8 Å². The van der Waals surface area contributed by atoms with E-state index in [1.165, 1.54) is 55.8 Å². The molecule has 7 aliphatic rings. The molecule has 0 saturated carbocycles. The Bertz CT molecular complexity index is 6100. The van der Waals surface area contributed by atoms with Gasteiger partial charge in [-0.2, -0.15) is 9.49 Å². The Labute approximate surface area is 851 Å². The number of anilines is 7. The van der Waals surface area contributed by atoms with Gasteiger partial charge in [-0.05, 0) is 242 Å². The number of rotatable bonds is 18. The van der Waals surface area contributed by atoms with E-state index in [-0.39, 0.29) is 0 Å². The molecule has 12 aromatic heterocycles. The van der Waals surface area contributed by atoms with Crippen molar-refractivity contribution in [1.29, 1.82) is 0 Å². The van der Waals surface area contributed by atoms with Crippen molar-refractivity contribution in [2.45, 2.75) is 238 Å². The number of halogens is 1. The molecule has 29 nitrogen and oxygen atoms in total. The van der Waals surface area contributed by atoms with E-state index in [0.717, 1.165) is 251 Å². The molecule has 13 aromatic rings. The summed E-state index contributed by atoms with van der Waals surface area (Å²) in [6, 6.07) is 40.6. The zero-order chi connectivity index (χ0) is 102. The highest BCUT2D eigenvalue weighted by Crippen LogP contribution is 2.33. The normalized spacial score (nSPS) is 15.7. The molecule has 19 heterocycles. The van der Waals surface area contributed by atoms with Gasteiger partial charge in [0.25, 0.3) is 0 Å². The van der Waals surface area contributed by atoms with Gasteiger partial charge < -0.3 is 58.0 Å². The van der Waals surface area contributed by atoms with E-state index >= 15 is 0 Å². The fourth-order valence-electron chi connectivity index (χ4n) is 18.4. The number of piperazine rings is 3. The lowest BCUT2D eigenvalue weighted by atomic mass is 10.0. The standard InChI is InChI=1S/C16H16FN3.C16H22N4.C15H25N3.C14H19N5.C14H23N3.C13H17N5.C13H21N3.C12H18N2O/c1-10(2)11-6-7-18-14(8-11)12-4-5-13-15(9-12)20(3)19-16(13)17;1-11(2)13-5-7-17-16(9-13)20-8-6-15-14(10-20)12(3)18-19(15)4;1-12(2)14-5-6-16-15(11-14)18-9-7-17(8-10-18)13(3)4;1-10(2)12-4-5-15-13(8-12)18-6-7-19-11(3)16-17-14(19)9-18;1-4-16-7-9-17(10-8-16)14-11-13(12(2)3)5-6-15-14;1-10(2)11-3-4-14-12(7-11)17-5-6-18-9-15-16-13(18)8-17;1-11(2)12-4-5-14-13(10-12)16-8-6-15(3)7-9-16;1-10(2)11-3-4-13-12(9-11)14-5-7-15-8-6-14/h4-10H,1-3H3;5,7,9,11H,6,8,10H2,1-4H3;5-6,11-13H,7-10H2,1-4H3;4-5,8,10H,6-7,9H2,1-3H3;5-6,11-12H,4,7-10H2,1-3H3;3-4,7,9-10H,5-6,8H2,1-2H3;4-5,10-11H,6-9H2,1-3H3;3-4,9-10H,5-8H2,1-2H3. The number of morpholine rings is 1. The molecule has 30 heteroatoms. The zero-order valence-corrected chi connectivity index (χ0v) is 90.1. The maximum absolute atomic E-state index is 13.6. The Balaban J connectivity index is 0.000000137. The summed E-state index contributed by atoms with van der Waals surface area (Å²) >= 11 is 0. The minimum absolute atomic E-state index is 0.432. The summed E-state index contributed by atoms with van der Waals surface area (Å²) < 4.78 is 26.8. The number of aryl methyl sites for hydroxylation is 4. The third-order valence-electron chi connectivity index (χ3n) is 28.3. The van der Waals surface area contributed by atoms with Gasteiger partial charge in [0.05, 0.1) is 48.6 Å². The summed E-state index contributed by atoms with van der Waals surface area (Å²) in [7, 11) is 5.96. The molecule has 0 aliphatic carbocycles. The number of hydrogen-bond donors (Lipinski definition) is 0. The van der Waals surface area contributed by atoms with E-state index < -0.39 is 5.95 Å². The molecule has 0 bridgehead atoms. The molecule has 0 N–H and O–H groups in total. The van der Waals surface area contributed by atoms with E-state index in [2.05, 4.69) is 365 Å². The topological polar surface area (TPSA) is 242 Å². The van der Waals surface area contributed by atoms with Crippen LogP contribution in [0.5, 0.6) is 0 Å². The molecule has 0 atom stereocenters. The monoisotopic (exact) mass is 1950 g/mol. The maximum atomic E-state index is 13.6. The highest BCUT2D eigenvalue weighted by Gasteiger charge is 2.28. The fourth-order valence-corrected chi connectivity index (χ4v) is 18.4. The van der Waals surface area contributed by atoms with Crippen molar-refractivity contribution in [1.82, 2.24) is 104 Å². The van der Waals surface area contributed by atoms with Gasteiger partial charge in [-0.1, -0.05) is 124 Å². The highest BCUT2D eigenvalue weighted by atomic mass is 19.1. The van der Waals surface area contributed by atoms with E-state index in [1.54, 1.807) is 24.1 Å². The van der Waals surface area contributed by atoms with Crippen LogP contribution in [0.1, 0.15) is 258 Å². The Hall–Kier alpha value is -12.3. The average Bonchev–Trinajstić information content (AvgIpc) is 1.66. The van der Waals surface area contributed by atoms with E-state index in [9.17, 15) is 4.39 Å². The van der Waals surface area contributed by atoms with Crippen molar-refractivity contribution in [3.8, 4) is 11.3 Å². The molecule has 4 fully saturated rings. The number of fused-ring (bicyclic) bond motifs is 4. The number of hydrogen-bond acceptors (Lipinski definition) is 25. The molecule has 7 aliphatic heterocycles. The van der Waals surface area contributed by atoms with Crippen LogP contribution in [-0.2, 0) is 58.0 Å². The SMILES string of the molecule is CC(C)c1ccnc(-c2ccc3c(F)nn(C)c3c2)c1.CC(C)c1ccnc(N2CCN(C(C)C)CC2)c1.CC(C)c1ccnc(N2CCN(C)CC2)c1.CC(C)c1ccnc(N2CCOCC2)c1.CC(C)c1ccnc(N2CCn3cnnc3C2)c1.CCN1CCN(c2cc(C(C)C)ccn2)CC1.Cc1nn(C)c2c1CN(c1cc(C(C)C)ccn1)CC2.Cc1nnc2n1CCN(c1cc(C(C)C)ccn1)C2. The summed E-state index contributed by atoms with van der Waals surface area (Å²) in [5.74, 6) is 14.6. The summed E-state index contributed by atoms with van der Waals surface area (Å²) in [5, 5.41) is 25.3. The lowest BCUT2D eigenvalue weighted by molar-refractivity contribution is 0.122. The molecule has 0 spiro atoms. The van der Waals surface area contributed by atoms with Crippen LogP contribution in [-0.4, -0.2) is 248 Å². The quantitative estimate of drug-likeness (QED) is 0.0775. The minimum Gasteiger partial charge on any atom is -0.378 e. The first-order chi connectivity index (χ1) is 68.7. The molecule has 143 heavy (non-hydrogen) atoms.